The standard InChI is InChI=1S/C14H12ClF3N2O3/c1-8-6-12(20-23-8)22-7-11(21)19-13(14(16,17)18)9-2-4-10(15)5-3-9/h2-6,13H,7H2,1H3,(H,19,21)/t13-/m0/s1. The van der Waals surface area contributed by atoms with Gasteiger partial charge in [0.25, 0.3) is 11.8 Å². The van der Waals surface area contributed by atoms with Gasteiger partial charge in [0.1, 0.15) is 5.76 Å². The van der Waals surface area contributed by atoms with Crippen molar-refractivity contribution in [2.45, 2.75) is 19.1 Å². The zero-order valence-electron chi connectivity index (χ0n) is 11.9. The first-order chi connectivity index (χ1) is 10.8. The third-order valence-electron chi connectivity index (χ3n) is 2.79. The topological polar surface area (TPSA) is 64.4 Å². The molecule has 0 unspecified atom stereocenters. The molecular formula is C14H12ClF3N2O3. The lowest BCUT2D eigenvalue weighted by atomic mass is 10.1. The van der Waals surface area contributed by atoms with Crippen molar-refractivity contribution in [1.29, 1.82) is 0 Å². The number of aromatic nitrogens is 1. The highest BCUT2D eigenvalue weighted by Crippen LogP contribution is 2.33. The van der Waals surface area contributed by atoms with E-state index in [9.17, 15) is 18.0 Å². The number of hydrogen-bond donors (Lipinski definition) is 1. The van der Waals surface area contributed by atoms with Gasteiger partial charge in [-0.1, -0.05) is 23.7 Å². The van der Waals surface area contributed by atoms with Crippen molar-refractivity contribution in [1.82, 2.24) is 10.5 Å². The van der Waals surface area contributed by atoms with Gasteiger partial charge >= 0.3 is 6.18 Å². The number of ether oxygens (including phenoxy) is 1. The molecule has 0 aliphatic rings. The van der Waals surface area contributed by atoms with Gasteiger partial charge in [-0.15, -0.1) is 0 Å². The van der Waals surface area contributed by atoms with E-state index in [1.54, 1.807) is 6.92 Å². The Morgan fingerprint density at radius 2 is 2.04 bits per heavy atom. The first-order valence-corrected chi connectivity index (χ1v) is 6.81. The molecule has 1 N–H and O–H groups in total. The molecule has 0 aliphatic heterocycles. The molecule has 1 aromatic heterocycles. The Morgan fingerprint density at radius 3 is 2.57 bits per heavy atom. The maximum absolute atomic E-state index is 13.1. The van der Waals surface area contributed by atoms with Crippen LogP contribution in [0.4, 0.5) is 13.2 Å². The van der Waals surface area contributed by atoms with Crippen LogP contribution in [0.1, 0.15) is 17.4 Å². The fourth-order valence-electron chi connectivity index (χ4n) is 1.76. The van der Waals surface area contributed by atoms with Gasteiger partial charge < -0.3 is 14.6 Å². The molecular weight excluding hydrogens is 337 g/mol. The smallest absolute Gasteiger partial charge is 0.412 e. The Kier molecular flexibility index (Phi) is 5.15. The number of carbonyl (C=O) groups is 1. The van der Waals surface area contributed by atoms with Crippen molar-refractivity contribution in [3.05, 3.63) is 46.7 Å². The molecule has 0 spiro atoms. The minimum atomic E-state index is -4.66. The van der Waals surface area contributed by atoms with Gasteiger partial charge in [-0.2, -0.15) is 13.2 Å². The Labute approximate surface area is 134 Å². The first kappa shape index (κ1) is 17.1. The molecule has 0 bridgehead atoms. The summed E-state index contributed by atoms with van der Waals surface area (Å²) in [6.07, 6.45) is -4.66. The van der Waals surface area contributed by atoms with Crippen molar-refractivity contribution in [2.24, 2.45) is 0 Å². The molecule has 0 saturated carbocycles. The zero-order valence-corrected chi connectivity index (χ0v) is 12.6. The molecule has 0 radical (unpaired) electrons. The van der Waals surface area contributed by atoms with Crippen molar-refractivity contribution in [3.63, 3.8) is 0 Å². The summed E-state index contributed by atoms with van der Waals surface area (Å²) >= 11 is 5.65. The third-order valence-corrected chi connectivity index (χ3v) is 3.05. The fraction of sp³-hybridized carbons (Fsp3) is 0.286. The Hall–Kier alpha value is -2.22. The molecule has 1 amide bonds. The van der Waals surface area contributed by atoms with E-state index in [2.05, 4.69) is 5.16 Å². The number of alkyl halides is 3. The Balaban J connectivity index is 2.02. The van der Waals surface area contributed by atoms with Crippen LogP contribution in [0.25, 0.3) is 0 Å². The van der Waals surface area contributed by atoms with Crippen LogP contribution >= 0.6 is 11.6 Å². The van der Waals surface area contributed by atoms with Crippen molar-refractivity contribution in [2.75, 3.05) is 6.61 Å². The van der Waals surface area contributed by atoms with Crippen LogP contribution in [0.3, 0.4) is 0 Å². The van der Waals surface area contributed by atoms with Crippen LogP contribution in [-0.4, -0.2) is 23.8 Å². The van der Waals surface area contributed by atoms with E-state index in [0.717, 1.165) is 0 Å². The second kappa shape index (κ2) is 6.91. The minimum absolute atomic E-state index is 0.0210. The summed E-state index contributed by atoms with van der Waals surface area (Å²) in [7, 11) is 0. The van der Waals surface area contributed by atoms with Gasteiger partial charge in [-0.05, 0) is 29.8 Å². The van der Waals surface area contributed by atoms with Gasteiger partial charge in [-0.25, -0.2) is 0 Å². The van der Waals surface area contributed by atoms with Gasteiger partial charge in [0.05, 0.1) is 0 Å². The van der Waals surface area contributed by atoms with Crippen LogP contribution in [0, 0.1) is 6.92 Å². The number of amides is 1. The number of benzene rings is 1. The molecule has 9 heteroatoms. The number of hydrogen-bond acceptors (Lipinski definition) is 4. The van der Waals surface area contributed by atoms with E-state index in [0.29, 0.717) is 10.8 Å². The molecule has 0 aliphatic carbocycles. The SMILES string of the molecule is Cc1cc(OCC(=O)N[C@@H](c2ccc(Cl)cc2)C(F)(F)F)no1. The van der Waals surface area contributed by atoms with Gasteiger partial charge in [0.15, 0.2) is 12.6 Å². The number of aryl methyl sites for hydroxylation is 1. The molecule has 2 rings (SSSR count). The highest BCUT2D eigenvalue weighted by atomic mass is 35.5. The summed E-state index contributed by atoms with van der Waals surface area (Å²) in [5, 5.41) is 5.65. The first-order valence-electron chi connectivity index (χ1n) is 6.43. The highest BCUT2D eigenvalue weighted by Gasteiger charge is 2.41. The van der Waals surface area contributed by atoms with Gasteiger partial charge in [0.2, 0.25) is 0 Å². The van der Waals surface area contributed by atoms with Crippen LogP contribution in [0.15, 0.2) is 34.9 Å². The predicted octanol–water partition coefficient (Wildman–Crippen LogP) is 3.44. The van der Waals surface area contributed by atoms with Crippen molar-refractivity contribution in [3.8, 4) is 5.88 Å². The normalized spacial score (nSPS) is 12.7. The Bertz CT molecular complexity index is 671. The number of rotatable bonds is 5. The predicted molar refractivity (Wildman–Crippen MR) is 75.1 cm³/mol. The maximum atomic E-state index is 13.1. The van der Waals surface area contributed by atoms with Crippen LogP contribution < -0.4 is 10.1 Å². The van der Waals surface area contributed by atoms with Gasteiger partial charge in [0, 0.05) is 11.1 Å². The van der Waals surface area contributed by atoms with E-state index in [1.807, 2.05) is 5.32 Å². The van der Waals surface area contributed by atoms with Gasteiger partial charge in [-0.3, -0.25) is 4.79 Å². The molecule has 1 aromatic carbocycles. The van der Waals surface area contributed by atoms with Crippen LogP contribution in [-0.2, 0) is 4.79 Å². The number of nitrogens with zero attached hydrogens (tertiary/aromatic N) is 1. The second-order valence-electron chi connectivity index (χ2n) is 4.66. The van der Waals surface area contributed by atoms with Crippen molar-refractivity contribution >= 4 is 17.5 Å². The van der Waals surface area contributed by atoms with E-state index in [1.165, 1.54) is 30.3 Å². The average molecular weight is 349 g/mol. The molecule has 1 atom stereocenters. The minimum Gasteiger partial charge on any atom is -0.465 e. The monoisotopic (exact) mass is 348 g/mol. The molecule has 0 fully saturated rings. The molecule has 5 nitrogen and oxygen atoms in total. The largest absolute Gasteiger partial charge is 0.465 e. The zero-order chi connectivity index (χ0) is 17.0. The van der Waals surface area contributed by atoms with Crippen molar-refractivity contribution < 1.29 is 27.2 Å². The third kappa shape index (κ3) is 4.88. The Morgan fingerprint density at radius 1 is 1.39 bits per heavy atom. The van der Waals surface area contributed by atoms with E-state index in [-0.39, 0.29) is 11.4 Å². The van der Waals surface area contributed by atoms with E-state index < -0.39 is 24.7 Å². The number of carbonyl (C=O) groups excluding carboxylic acids is 1. The van der Waals surface area contributed by atoms with E-state index >= 15 is 0 Å². The molecule has 2 aromatic rings. The summed E-state index contributed by atoms with van der Waals surface area (Å²) in [5.74, 6) is -0.467. The lowest BCUT2D eigenvalue weighted by Gasteiger charge is -2.22. The molecule has 0 saturated heterocycles. The number of nitrogens with one attached hydrogen (secondary N) is 1. The lowest BCUT2D eigenvalue weighted by molar-refractivity contribution is -0.164. The fourth-order valence-corrected chi connectivity index (χ4v) is 1.89. The molecule has 23 heavy (non-hydrogen) atoms. The molecule has 124 valence electrons. The highest BCUT2D eigenvalue weighted by molar-refractivity contribution is 6.30. The summed E-state index contributed by atoms with van der Waals surface area (Å²) in [6, 6.07) is 4.28. The average Bonchev–Trinajstić information content (AvgIpc) is 2.88. The lowest BCUT2D eigenvalue weighted by Crippen LogP contribution is -2.40. The summed E-state index contributed by atoms with van der Waals surface area (Å²) in [6.45, 7) is 0.992. The molecule has 1 heterocycles. The van der Waals surface area contributed by atoms with Crippen LogP contribution in [0.2, 0.25) is 5.02 Å². The van der Waals surface area contributed by atoms with Crippen LogP contribution in [0.5, 0.6) is 5.88 Å². The summed E-state index contributed by atoms with van der Waals surface area (Å²) in [5.41, 5.74) is -0.132. The quantitative estimate of drug-likeness (QED) is 0.899. The summed E-state index contributed by atoms with van der Waals surface area (Å²) < 4.78 is 49.0. The summed E-state index contributed by atoms with van der Waals surface area (Å²) in [4.78, 5) is 11.7. The maximum Gasteiger partial charge on any atom is 0.412 e. The number of halogens is 4. The second-order valence-corrected chi connectivity index (χ2v) is 5.09. The van der Waals surface area contributed by atoms with E-state index in [4.69, 9.17) is 20.9 Å².